The number of nitrogens with zero attached hydrogens (tertiary/aromatic N) is 3. The number of hydrogen-bond acceptors (Lipinski definition) is 6. The molecule has 6 heteroatoms. The summed E-state index contributed by atoms with van der Waals surface area (Å²) in [5.74, 6) is 7.37. The minimum atomic E-state index is 0.158. The van der Waals surface area contributed by atoms with Gasteiger partial charge < -0.3 is 16.4 Å². The predicted molar refractivity (Wildman–Crippen MR) is 90.6 cm³/mol. The Kier molecular flexibility index (Phi) is 5.58. The number of piperazine rings is 1. The van der Waals surface area contributed by atoms with Crippen LogP contribution in [0.2, 0.25) is 0 Å². The molecule has 1 aliphatic heterocycles. The maximum Gasteiger partial charge on any atom is 0.222 e. The molecular formula is C16H26N6. The SMILES string of the molecule is CC(C)(C)CNc1nc(N)ncc1C#CCN1CCNCC1. The standard InChI is InChI=1S/C16H26N6/c1-16(2,3)12-20-14-13(11-19-15(17)21-14)5-4-8-22-9-6-18-7-10-22/h11,18H,6-10,12H2,1-3H3,(H3,17,19,20,21). The van der Waals surface area contributed by atoms with Crippen LogP contribution in [0.3, 0.4) is 0 Å². The van der Waals surface area contributed by atoms with Gasteiger partial charge in [-0.15, -0.1) is 0 Å². The van der Waals surface area contributed by atoms with Crippen LogP contribution < -0.4 is 16.4 Å². The van der Waals surface area contributed by atoms with Gasteiger partial charge in [-0.25, -0.2) is 4.98 Å². The van der Waals surface area contributed by atoms with Crippen LogP contribution in [-0.2, 0) is 0 Å². The highest BCUT2D eigenvalue weighted by atomic mass is 15.2. The summed E-state index contributed by atoms with van der Waals surface area (Å²) in [6, 6.07) is 0. The van der Waals surface area contributed by atoms with Gasteiger partial charge in [0.25, 0.3) is 0 Å². The molecular weight excluding hydrogens is 276 g/mol. The van der Waals surface area contributed by atoms with Crippen molar-refractivity contribution in [2.24, 2.45) is 5.41 Å². The molecule has 6 nitrogen and oxygen atoms in total. The molecule has 0 bridgehead atoms. The Morgan fingerprint density at radius 3 is 2.77 bits per heavy atom. The van der Waals surface area contributed by atoms with Crippen LogP contribution in [0.25, 0.3) is 0 Å². The second-order valence-electron chi connectivity index (χ2n) is 6.73. The van der Waals surface area contributed by atoms with Crippen LogP contribution >= 0.6 is 0 Å². The number of rotatable bonds is 3. The molecule has 1 aliphatic rings. The average Bonchev–Trinajstić information content (AvgIpc) is 2.47. The Balaban J connectivity index is 2.03. The van der Waals surface area contributed by atoms with Crippen molar-refractivity contribution in [2.75, 3.05) is 50.3 Å². The lowest BCUT2D eigenvalue weighted by atomic mass is 9.97. The van der Waals surface area contributed by atoms with Crippen molar-refractivity contribution < 1.29 is 0 Å². The molecule has 0 saturated carbocycles. The molecule has 2 heterocycles. The molecule has 0 aromatic carbocycles. The highest BCUT2D eigenvalue weighted by Crippen LogP contribution is 2.17. The van der Waals surface area contributed by atoms with Crippen molar-refractivity contribution in [3.05, 3.63) is 11.8 Å². The molecule has 120 valence electrons. The van der Waals surface area contributed by atoms with Gasteiger partial charge in [0.1, 0.15) is 5.82 Å². The maximum absolute atomic E-state index is 5.69. The fraction of sp³-hybridized carbons (Fsp3) is 0.625. The Bertz CT molecular complexity index is 546. The van der Waals surface area contributed by atoms with Crippen LogP contribution in [-0.4, -0.2) is 54.1 Å². The lowest BCUT2D eigenvalue weighted by Crippen LogP contribution is -2.43. The molecule has 0 spiro atoms. The average molecular weight is 302 g/mol. The zero-order valence-electron chi connectivity index (χ0n) is 13.7. The van der Waals surface area contributed by atoms with Gasteiger partial charge in [0, 0.05) is 32.7 Å². The van der Waals surface area contributed by atoms with Crippen molar-refractivity contribution >= 4 is 11.8 Å². The first-order valence-corrected chi connectivity index (χ1v) is 7.72. The van der Waals surface area contributed by atoms with E-state index in [0.717, 1.165) is 50.6 Å². The van der Waals surface area contributed by atoms with Gasteiger partial charge in [0.2, 0.25) is 5.95 Å². The zero-order chi connectivity index (χ0) is 16.0. The van der Waals surface area contributed by atoms with Crippen LogP contribution in [0.5, 0.6) is 0 Å². The monoisotopic (exact) mass is 302 g/mol. The predicted octanol–water partition coefficient (Wildman–Crippen LogP) is 0.774. The summed E-state index contributed by atoms with van der Waals surface area (Å²) < 4.78 is 0. The first-order chi connectivity index (χ1) is 10.4. The quantitative estimate of drug-likeness (QED) is 0.716. The number of anilines is 2. The van der Waals surface area contributed by atoms with E-state index >= 15 is 0 Å². The Hall–Kier alpha value is -1.84. The first kappa shape index (κ1) is 16.5. The number of nitrogen functional groups attached to an aromatic ring is 1. The molecule has 22 heavy (non-hydrogen) atoms. The largest absolute Gasteiger partial charge is 0.368 e. The van der Waals surface area contributed by atoms with Gasteiger partial charge in [0.15, 0.2) is 0 Å². The molecule has 1 saturated heterocycles. The second-order valence-corrected chi connectivity index (χ2v) is 6.73. The van der Waals surface area contributed by atoms with Crippen LogP contribution in [0.15, 0.2) is 6.20 Å². The number of hydrogen-bond donors (Lipinski definition) is 3. The van der Waals surface area contributed by atoms with Gasteiger partial charge >= 0.3 is 0 Å². The van der Waals surface area contributed by atoms with E-state index in [2.05, 4.69) is 58.1 Å². The summed E-state index contributed by atoms with van der Waals surface area (Å²) in [7, 11) is 0. The Labute approximate surface area is 132 Å². The second kappa shape index (κ2) is 7.43. The third-order valence-corrected chi connectivity index (χ3v) is 3.33. The molecule has 0 amide bonds. The number of nitrogens with one attached hydrogen (secondary N) is 2. The molecule has 0 unspecified atom stereocenters. The van der Waals surface area contributed by atoms with Crippen molar-refractivity contribution in [3.8, 4) is 11.8 Å². The first-order valence-electron chi connectivity index (χ1n) is 7.72. The maximum atomic E-state index is 5.69. The minimum Gasteiger partial charge on any atom is -0.368 e. The molecule has 0 radical (unpaired) electrons. The van der Waals surface area contributed by atoms with Crippen LogP contribution in [0.1, 0.15) is 26.3 Å². The Morgan fingerprint density at radius 2 is 2.09 bits per heavy atom. The number of aromatic nitrogens is 2. The molecule has 2 rings (SSSR count). The zero-order valence-corrected chi connectivity index (χ0v) is 13.7. The van der Waals surface area contributed by atoms with E-state index in [1.807, 2.05) is 0 Å². The van der Waals surface area contributed by atoms with E-state index in [1.54, 1.807) is 6.20 Å². The van der Waals surface area contributed by atoms with Crippen molar-refractivity contribution in [2.45, 2.75) is 20.8 Å². The van der Waals surface area contributed by atoms with E-state index in [1.165, 1.54) is 0 Å². The molecule has 1 fully saturated rings. The third-order valence-electron chi connectivity index (χ3n) is 3.33. The summed E-state index contributed by atoms with van der Waals surface area (Å²) >= 11 is 0. The lowest BCUT2D eigenvalue weighted by molar-refractivity contribution is 0.268. The molecule has 1 aromatic rings. The highest BCUT2D eigenvalue weighted by molar-refractivity contribution is 5.54. The lowest BCUT2D eigenvalue weighted by Gasteiger charge is -2.24. The fourth-order valence-electron chi connectivity index (χ4n) is 2.09. The van der Waals surface area contributed by atoms with Crippen molar-refractivity contribution in [1.29, 1.82) is 0 Å². The van der Waals surface area contributed by atoms with Crippen molar-refractivity contribution in [3.63, 3.8) is 0 Å². The van der Waals surface area contributed by atoms with Crippen LogP contribution in [0, 0.1) is 17.3 Å². The minimum absolute atomic E-state index is 0.158. The van der Waals surface area contributed by atoms with E-state index < -0.39 is 0 Å². The molecule has 0 atom stereocenters. The van der Waals surface area contributed by atoms with Gasteiger partial charge in [-0.2, -0.15) is 4.98 Å². The number of nitrogens with two attached hydrogens (primary N) is 1. The fourth-order valence-corrected chi connectivity index (χ4v) is 2.09. The van der Waals surface area contributed by atoms with Gasteiger partial charge in [-0.3, -0.25) is 4.90 Å². The van der Waals surface area contributed by atoms with Gasteiger partial charge in [-0.1, -0.05) is 32.6 Å². The third kappa shape index (κ3) is 5.51. The van der Waals surface area contributed by atoms with E-state index in [0.29, 0.717) is 0 Å². The highest BCUT2D eigenvalue weighted by Gasteiger charge is 2.12. The van der Waals surface area contributed by atoms with E-state index in [-0.39, 0.29) is 11.4 Å². The summed E-state index contributed by atoms with van der Waals surface area (Å²) in [5, 5.41) is 6.66. The van der Waals surface area contributed by atoms with E-state index in [4.69, 9.17) is 5.73 Å². The summed E-state index contributed by atoms with van der Waals surface area (Å²) in [4.78, 5) is 10.7. The summed E-state index contributed by atoms with van der Waals surface area (Å²) in [6.45, 7) is 12.2. The molecule has 1 aromatic heterocycles. The van der Waals surface area contributed by atoms with Gasteiger partial charge in [-0.05, 0) is 5.41 Å². The van der Waals surface area contributed by atoms with Gasteiger partial charge in [0.05, 0.1) is 18.3 Å². The molecule has 4 N–H and O–H groups in total. The summed E-state index contributed by atoms with van der Waals surface area (Å²) in [6.07, 6.45) is 1.69. The van der Waals surface area contributed by atoms with Crippen LogP contribution in [0.4, 0.5) is 11.8 Å². The van der Waals surface area contributed by atoms with E-state index in [9.17, 15) is 0 Å². The smallest absolute Gasteiger partial charge is 0.222 e. The van der Waals surface area contributed by atoms with Crippen molar-refractivity contribution in [1.82, 2.24) is 20.2 Å². The normalized spacial score (nSPS) is 16.0. The molecule has 0 aliphatic carbocycles. The Morgan fingerprint density at radius 1 is 1.36 bits per heavy atom. The summed E-state index contributed by atoms with van der Waals surface area (Å²) in [5.41, 5.74) is 6.64. The topological polar surface area (TPSA) is 79.1 Å².